The third-order valence-electron chi connectivity index (χ3n) is 4.59. The van der Waals surface area contributed by atoms with Gasteiger partial charge in [0.2, 0.25) is 0 Å². The number of nitro groups is 1. The molecule has 0 aliphatic carbocycles. The third-order valence-corrected chi connectivity index (χ3v) is 5.63. The van der Waals surface area contributed by atoms with Crippen molar-refractivity contribution in [3.8, 4) is 0 Å². The Morgan fingerprint density at radius 1 is 1.29 bits per heavy atom. The molecule has 0 aliphatic rings. The zero-order valence-corrected chi connectivity index (χ0v) is 18.1. The van der Waals surface area contributed by atoms with Crippen molar-refractivity contribution in [2.45, 2.75) is 37.3 Å². The van der Waals surface area contributed by atoms with Crippen molar-refractivity contribution in [2.75, 3.05) is 0 Å². The van der Waals surface area contributed by atoms with E-state index in [0.29, 0.717) is 28.8 Å². The Hall–Kier alpha value is -3.46. The second-order valence-corrected chi connectivity index (χ2v) is 7.96. The average Bonchev–Trinajstić information content (AvgIpc) is 3.15. The van der Waals surface area contributed by atoms with E-state index in [1.165, 1.54) is 23.9 Å². The fraction of sp³-hybridized carbons (Fsp3) is 0.227. The van der Waals surface area contributed by atoms with Gasteiger partial charge in [-0.1, -0.05) is 47.7 Å². The van der Waals surface area contributed by atoms with Gasteiger partial charge in [-0.2, -0.15) is 0 Å². The summed E-state index contributed by atoms with van der Waals surface area (Å²) in [4.78, 5) is 23.0. The lowest BCUT2D eigenvalue weighted by atomic mass is 10.1. The number of aryl methyl sites for hydroxylation is 1. The molecule has 0 radical (unpaired) electrons. The number of benzene rings is 2. The van der Waals surface area contributed by atoms with Gasteiger partial charge in [-0.3, -0.25) is 14.9 Å². The maximum Gasteiger partial charge on any atom is 0.269 e. The first-order chi connectivity index (χ1) is 14.9. The van der Waals surface area contributed by atoms with Crippen LogP contribution in [0.4, 0.5) is 5.69 Å². The van der Waals surface area contributed by atoms with Crippen molar-refractivity contribution in [1.29, 1.82) is 0 Å². The summed E-state index contributed by atoms with van der Waals surface area (Å²) >= 11 is 1.47. The molecular weight excluding hydrogens is 414 g/mol. The van der Waals surface area contributed by atoms with Crippen LogP contribution in [0.5, 0.6) is 0 Å². The van der Waals surface area contributed by atoms with Crippen molar-refractivity contribution in [3.05, 3.63) is 93.8 Å². The Bertz CT molecular complexity index is 1090. The predicted octanol–water partition coefficient (Wildman–Crippen LogP) is 4.46. The zero-order chi connectivity index (χ0) is 22.4. The Morgan fingerprint density at radius 2 is 2.03 bits per heavy atom. The van der Waals surface area contributed by atoms with Crippen molar-refractivity contribution in [1.82, 2.24) is 20.1 Å². The summed E-state index contributed by atoms with van der Waals surface area (Å²) in [6.45, 7) is 8.10. The fourth-order valence-electron chi connectivity index (χ4n) is 3.02. The Balaban J connectivity index is 1.72. The number of nitrogens with one attached hydrogen (secondary N) is 1. The Morgan fingerprint density at radius 3 is 2.68 bits per heavy atom. The molecular formula is C22H23N5O3S. The van der Waals surface area contributed by atoms with Crippen molar-refractivity contribution >= 4 is 23.4 Å². The highest BCUT2D eigenvalue weighted by molar-refractivity contribution is 7.98. The van der Waals surface area contributed by atoms with Crippen LogP contribution in [0.3, 0.4) is 0 Å². The van der Waals surface area contributed by atoms with Crippen LogP contribution >= 0.6 is 11.8 Å². The van der Waals surface area contributed by atoms with Gasteiger partial charge in [0.15, 0.2) is 11.0 Å². The van der Waals surface area contributed by atoms with Gasteiger partial charge in [-0.25, -0.2) is 0 Å². The standard InChI is InChI=1S/C22H23N5O3S/c1-4-12-26-20(16(3)23-21(28)18-7-5-6-15(2)13-18)24-25-22(26)31-14-17-8-10-19(11-9-17)27(29)30/h4-11,13,16H,1,12,14H2,2-3H3,(H,23,28)/t16-/m1/s1. The van der Waals surface area contributed by atoms with Crippen LogP contribution in [0.1, 0.15) is 40.3 Å². The molecule has 0 saturated heterocycles. The summed E-state index contributed by atoms with van der Waals surface area (Å²) in [7, 11) is 0. The van der Waals surface area contributed by atoms with Gasteiger partial charge in [-0.05, 0) is 31.5 Å². The van der Waals surface area contributed by atoms with Crippen LogP contribution in [0.15, 0.2) is 66.3 Å². The largest absolute Gasteiger partial charge is 0.342 e. The van der Waals surface area contributed by atoms with Crippen LogP contribution in [0.25, 0.3) is 0 Å². The molecule has 0 fully saturated rings. The molecule has 1 amide bonds. The summed E-state index contributed by atoms with van der Waals surface area (Å²) in [5, 5.41) is 23.0. The summed E-state index contributed by atoms with van der Waals surface area (Å²) < 4.78 is 1.91. The molecule has 8 nitrogen and oxygen atoms in total. The van der Waals surface area contributed by atoms with E-state index in [9.17, 15) is 14.9 Å². The smallest absolute Gasteiger partial charge is 0.269 e. The minimum absolute atomic E-state index is 0.0593. The molecule has 0 bridgehead atoms. The van der Waals surface area contributed by atoms with E-state index in [4.69, 9.17) is 0 Å². The summed E-state index contributed by atoms with van der Waals surface area (Å²) in [5.74, 6) is 1.04. The quantitative estimate of drug-likeness (QED) is 0.229. The van der Waals surface area contributed by atoms with E-state index in [1.807, 2.05) is 36.6 Å². The Labute approximate surface area is 184 Å². The first kappa shape index (κ1) is 22.2. The highest BCUT2D eigenvalue weighted by Gasteiger charge is 2.20. The summed E-state index contributed by atoms with van der Waals surface area (Å²) in [6, 6.07) is 13.5. The molecule has 1 N–H and O–H groups in total. The summed E-state index contributed by atoms with van der Waals surface area (Å²) in [5.41, 5.74) is 2.60. The average molecular weight is 438 g/mol. The number of nitrogens with zero attached hydrogens (tertiary/aromatic N) is 4. The summed E-state index contributed by atoms with van der Waals surface area (Å²) in [6.07, 6.45) is 1.75. The number of allylic oxidation sites excluding steroid dienone is 1. The topological polar surface area (TPSA) is 103 Å². The van der Waals surface area contributed by atoms with E-state index < -0.39 is 4.92 Å². The number of rotatable bonds is 9. The lowest BCUT2D eigenvalue weighted by Gasteiger charge is -2.15. The SMILES string of the molecule is C=CCn1c(SCc2ccc([N+](=O)[O-])cc2)nnc1[C@@H](C)NC(=O)c1cccc(C)c1. The molecule has 1 atom stereocenters. The van der Waals surface area contributed by atoms with E-state index in [-0.39, 0.29) is 17.6 Å². The van der Waals surface area contributed by atoms with Gasteiger partial charge in [0.1, 0.15) is 0 Å². The zero-order valence-electron chi connectivity index (χ0n) is 17.3. The van der Waals surface area contributed by atoms with Gasteiger partial charge >= 0.3 is 0 Å². The van der Waals surface area contributed by atoms with Crippen LogP contribution in [0, 0.1) is 17.0 Å². The highest BCUT2D eigenvalue weighted by atomic mass is 32.2. The molecule has 3 rings (SSSR count). The molecule has 9 heteroatoms. The molecule has 31 heavy (non-hydrogen) atoms. The monoisotopic (exact) mass is 437 g/mol. The second kappa shape index (κ2) is 10.0. The first-order valence-electron chi connectivity index (χ1n) is 9.66. The number of hydrogen-bond donors (Lipinski definition) is 1. The molecule has 0 aliphatic heterocycles. The predicted molar refractivity (Wildman–Crippen MR) is 120 cm³/mol. The lowest BCUT2D eigenvalue weighted by molar-refractivity contribution is -0.384. The third kappa shape index (κ3) is 5.58. The van der Waals surface area contributed by atoms with Crippen LogP contribution < -0.4 is 5.32 Å². The van der Waals surface area contributed by atoms with E-state index in [0.717, 1.165) is 11.1 Å². The minimum atomic E-state index is -0.420. The van der Waals surface area contributed by atoms with E-state index in [2.05, 4.69) is 22.1 Å². The van der Waals surface area contributed by atoms with Gasteiger partial charge in [0.05, 0.1) is 11.0 Å². The number of amides is 1. The molecule has 160 valence electrons. The molecule has 1 aromatic heterocycles. The lowest BCUT2D eigenvalue weighted by Crippen LogP contribution is -2.28. The molecule has 0 spiro atoms. The van der Waals surface area contributed by atoms with E-state index >= 15 is 0 Å². The Kier molecular flexibility index (Phi) is 7.19. The second-order valence-electron chi connectivity index (χ2n) is 7.02. The normalized spacial score (nSPS) is 11.7. The maximum atomic E-state index is 12.6. The van der Waals surface area contributed by atoms with Crippen molar-refractivity contribution < 1.29 is 9.72 Å². The number of thioether (sulfide) groups is 1. The first-order valence-corrected chi connectivity index (χ1v) is 10.6. The fourth-order valence-corrected chi connectivity index (χ4v) is 3.93. The van der Waals surface area contributed by atoms with Crippen molar-refractivity contribution in [3.63, 3.8) is 0 Å². The van der Waals surface area contributed by atoms with Gasteiger partial charge in [0.25, 0.3) is 11.6 Å². The maximum absolute atomic E-state index is 12.6. The van der Waals surface area contributed by atoms with Crippen LogP contribution in [-0.2, 0) is 12.3 Å². The van der Waals surface area contributed by atoms with Gasteiger partial charge in [-0.15, -0.1) is 16.8 Å². The molecule has 0 saturated carbocycles. The number of carbonyl (C=O) groups excluding carboxylic acids is 1. The molecule has 3 aromatic rings. The molecule has 0 unspecified atom stereocenters. The van der Waals surface area contributed by atoms with Crippen molar-refractivity contribution in [2.24, 2.45) is 0 Å². The molecule has 1 heterocycles. The molecule has 2 aromatic carbocycles. The number of hydrogen-bond acceptors (Lipinski definition) is 6. The number of non-ortho nitro benzene ring substituents is 1. The van der Waals surface area contributed by atoms with E-state index in [1.54, 1.807) is 24.3 Å². The van der Waals surface area contributed by atoms with Crippen LogP contribution in [0.2, 0.25) is 0 Å². The number of carbonyl (C=O) groups is 1. The number of aromatic nitrogens is 3. The number of nitro benzene ring substituents is 1. The van der Waals surface area contributed by atoms with Gasteiger partial charge < -0.3 is 9.88 Å². The van der Waals surface area contributed by atoms with Gasteiger partial charge in [0, 0.05) is 30.0 Å². The minimum Gasteiger partial charge on any atom is -0.342 e. The highest BCUT2D eigenvalue weighted by Crippen LogP contribution is 2.25. The van der Waals surface area contributed by atoms with Crippen LogP contribution in [-0.4, -0.2) is 25.6 Å².